The lowest BCUT2D eigenvalue weighted by molar-refractivity contribution is 0.398. The molecule has 0 aliphatic carbocycles. The number of nitrogens with two attached hydrogens (primary N) is 1. The van der Waals surface area contributed by atoms with Gasteiger partial charge in [-0.25, -0.2) is 0 Å². The van der Waals surface area contributed by atoms with Crippen LogP contribution in [-0.4, -0.2) is 37.7 Å². The number of hydrogen-bond donors (Lipinski definition) is 1. The number of pyridine rings is 1. The van der Waals surface area contributed by atoms with Crippen LogP contribution in [0.15, 0.2) is 12.1 Å². The molecule has 0 aliphatic rings. The Labute approximate surface area is 94.8 Å². The molecule has 1 aromatic heterocycles. The summed E-state index contributed by atoms with van der Waals surface area (Å²) in [5.41, 5.74) is 6.53. The molecule has 0 bridgehead atoms. The molecule has 0 spiro atoms. The first-order chi connectivity index (χ1) is 7.19. The fourth-order valence-corrected chi connectivity index (χ4v) is 1.65. The van der Waals surface area contributed by atoms with Crippen molar-refractivity contribution in [2.75, 3.05) is 43.3 Å². The van der Waals surface area contributed by atoms with Crippen LogP contribution in [0.25, 0.3) is 0 Å². The maximum atomic E-state index is 5.85. The number of rotatable bonds is 5. The predicted octanol–water partition coefficient (Wildman–Crippen LogP) is 1.47. The summed E-state index contributed by atoms with van der Waals surface area (Å²) < 4.78 is 5.07. The van der Waals surface area contributed by atoms with Gasteiger partial charge in [0.1, 0.15) is 0 Å². The van der Waals surface area contributed by atoms with Gasteiger partial charge in [-0.05, 0) is 12.3 Å². The molecule has 0 amide bonds. The van der Waals surface area contributed by atoms with Gasteiger partial charge in [-0.1, -0.05) is 0 Å². The zero-order valence-electron chi connectivity index (χ0n) is 9.36. The van der Waals surface area contributed by atoms with Gasteiger partial charge in [0.05, 0.1) is 12.8 Å². The van der Waals surface area contributed by atoms with Crippen LogP contribution in [0, 0.1) is 0 Å². The van der Waals surface area contributed by atoms with Crippen LogP contribution in [0.3, 0.4) is 0 Å². The molecule has 0 fully saturated rings. The Bertz CT molecular complexity index is 320. The first-order valence-electron chi connectivity index (χ1n) is 4.69. The summed E-state index contributed by atoms with van der Waals surface area (Å²) in [7, 11) is 3.58. The van der Waals surface area contributed by atoms with E-state index in [4.69, 9.17) is 10.5 Å². The predicted molar refractivity (Wildman–Crippen MR) is 66.9 cm³/mol. The maximum Gasteiger partial charge on any atom is 0.215 e. The lowest BCUT2D eigenvalue weighted by atomic mass is 10.3. The molecule has 1 rings (SSSR count). The van der Waals surface area contributed by atoms with Crippen LogP contribution in [-0.2, 0) is 0 Å². The largest absolute Gasteiger partial charge is 0.481 e. The molecule has 1 aromatic rings. The maximum absolute atomic E-state index is 5.85. The minimum Gasteiger partial charge on any atom is -0.481 e. The number of nitrogens with zero attached hydrogens (tertiary/aromatic N) is 2. The van der Waals surface area contributed by atoms with E-state index >= 15 is 0 Å². The fourth-order valence-electron chi connectivity index (χ4n) is 1.20. The number of ether oxygens (including phenoxy) is 1. The normalized spacial score (nSPS) is 10.1. The quantitative estimate of drug-likeness (QED) is 0.825. The second-order valence-electron chi connectivity index (χ2n) is 3.18. The number of nitrogen functional groups attached to an aromatic ring is 1. The van der Waals surface area contributed by atoms with Crippen molar-refractivity contribution in [3.63, 3.8) is 0 Å². The van der Waals surface area contributed by atoms with Crippen molar-refractivity contribution < 1.29 is 4.74 Å². The van der Waals surface area contributed by atoms with Gasteiger partial charge in [-0.3, -0.25) is 0 Å². The Kier molecular flexibility index (Phi) is 4.55. The molecular formula is C10H17N3OS. The summed E-state index contributed by atoms with van der Waals surface area (Å²) in [4.78, 5) is 6.35. The highest BCUT2D eigenvalue weighted by molar-refractivity contribution is 7.98. The lowest BCUT2D eigenvalue weighted by Gasteiger charge is -2.19. The van der Waals surface area contributed by atoms with Gasteiger partial charge in [0.2, 0.25) is 5.88 Å². The van der Waals surface area contributed by atoms with E-state index in [1.54, 1.807) is 24.9 Å². The van der Waals surface area contributed by atoms with Crippen molar-refractivity contribution in [2.45, 2.75) is 0 Å². The van der Waals surface area contributed by atoms with Crippen LogP contribution >= 0.6 is 11.8 Å². The molecule has 0 saturated carbocycles. The van der Waals surface area contributed by atoms with E-state index in [-0.39, 0.29) is 0 Å². The zero-order valence-corrected chi connectivity index (χ0v) is 10.2. The van der Waals surface area contributed by atoms with E-state index < -0.39 is 0 Å². The standard InChI is InChI=1S/C10H17N3OS/c1-13(6-7-15-3)10-8(11)4-5-9(12-10)14-2/h4-5H,6-7,11H2,1-3H3. The number of hydrogen-bond acceptors (Lipinski definition) is 5. The molecule has 0 unspecified atom stereocenters. The van der Waals surface area contributed by atoms with Gasteiger partial charge in [-0.2, -0.15) is 16.7 Å². The molecule has 4 nitrogen and oxygen atoms in total. The molecule has 5 heteroatoms. The molecule has 0 atom stereocenters. The number of methoxy groups -OCH3 is 1. The SMILES string of the molecule is COc1ccc(N)c(N(C)CCSC)n1. The monoisotopic (exact) mass is 227 g/mol. The fraction of sp³-hybridized carbons (Fsp3) is 0.500. The summed E-state index contributed by atoms with van der Waals surface area (Å²) in [6.45, 7) is 0.922. The van der Waals surface area contributed by atoms with Crippen LogP contribution in [0.2, 0.25) is 0 Å². The molecule has 0 saturated heterocycles. The minimum absolute atomic E-state index is 0.593. The highest BCUT2D eigenvalue weighted by Crippen LogP contribution is 2.22. The molecule has 2 N–H and O–H groups in total. The number of anilines is 2. The van der Waals surface area contributed by atoms with Crippen molar-refractivity contribution in [3.8, 4) is 5.88 Å². The van der Waals surface area contributed by atoms with Crippen LogP contribution in [0.1, 0.15) is 0 Å². The van der Waals surface area contributed by atoms with Gasteiger partial charge >= 0.3 is 0 Å². The molecule has 84 valence electrons. The second-order valence-corrected chi connectivity index (χ2v) is 4.17. The van der Waals surface area contributed by atoms with E-state index in [9.17, 15) is 0 Å². The first kappa shape index (κ1) is 12.0. The Balaban J connectivity index is 2.81. The summed E-state index contributed by atoms with van der Waals surface area (Å²) in [6, 6.07) is 3.58. The van der Waals surface area contributed by atoms with E-state index in [1.807, 2.05) is 18.0 Å². The van der Waals surface area contributed by atoms with E-state index in [1.165, 1.54) is 0 Å². The molecule has 0 radical (unpaired) electrons. The summed E-state index contributed by atoms with van der Waals surface area (Å²) in [5.74, 6) is 2.42. The molecule has 1 heterocycles. The zero-order chi connectivity index (χ0) is 11.3. The average Bonchev–Trinajstić information content (AvgIpc) is 2.26. The number of thioether (sulfide) groups is 1. The van der Waals surface area contributed by atoms with Gasteiger partial charge in [0, 0.05) is 25.4 Å². The molecule has 0 aromatic carbocycles. The van der Waals surface area contributed by atoms with Gasteiger partial charge in [-0.15, -0.1) is 0 Å². The van der Waals surface area contributed by atoms with Gasteiger partial charge in [0.15, 0.2) is 5.82 Å². The Morgan fingerprint density at radius 2 is 2.27 bits per heavy atom. The van der Waals surface area contributed by atoms with Crippen molar-refractivity contribution in [1.82, 2.24) is 4.98 Å². The molecular weight excluding hydrogens is 210 g/mol. The Morgan fingerprint density at radius 1 is 1.53 bits per heavy atom. The third kappa shape index (κ3) is 3.20. The van der Waals surface area contributed by atoms with E-state index in [2.05, 4.69) is 11.2 Å². The molecule has 15 heavy (non-hydrogen) atoms. The van der Waals surface area contributed by atoms with Crippen molar-refractivity contribution in [3.05, 3.63) is 12.1 Å². The Morgan fingerprint density at radius 3 is 2.87 bits per heavy atom. The summed E-state index contributed by atoms with van der Waals surface area (Å²) in [5, 5.41) is 0. The van der Waals surface area contributed by atoms with Crippen LogP contribution in [0.4, 0.5) is 11.5 Å². The summed E-state index contributed by atoms with van der Waals surface area (Å²) in [6.07, 6.45) is 2.08. The van der Waals surface area contributed by atoms with Gasteiger partial charge in [0.25, 0.3) is 0 Å². The molecule has 0 aliphatic heterocycles. The van der Waals surface area contributed by atoms with Gasteiger partial charge < -0.3 is 15.4 Å². The van der Waals surface area contributed by atoms with E-state index in [0.717, 1.165) is 18.1 Å². The highest BCUT2D eigenvalue weighted by atomic mass is 32.2. The average molecular weight is 227 g/mol. The topological polar surface area (TPSA) is 51.4 Å². The second kappa shape index (κ2) is 5.70. The van der Waals surface area contributed by atoms with Crippen molar-refractivity contribution in [2.24, 2.45) is 0 Å². The smallest absolute Gasteiger partial charge is 0.215 e. The minimum atomic E-state index is 0.593. The first-order valence-corrected chi connectivity index (χ1v) is 6.09. The third-order valence-corrected chi connectivity index (χ3v) is 2.67. The highest BCUT2D eigenvalue weighted by Gasteiger charge is 2.07. The van der Waals surface area contributed by atoms with Crippen LogP contribution in [0.5, 0.6) is 5.88 Å². The third-order valence-electron chi connectivity index (χ3n) is 2.08. The van der Waals surface area contributed by atoms with E-state index in [0.29, 0.717) is 11.6 Å². The Hall–Kier alpha value is -1.10. The van der Waals surface area contributed by atoms with Crippen molar-refractivity contribution >= 4 is 23.3 Å². The lowest BCUT2D eigenvalue weighted by Crippen LogP contribution is -2.22. The van der Waals surface area contributed by atoms with Crippen LogP contribution < -0.4 is 15.4 Å². The summed E-state index contributed by atoms with van der Waals surface area (Å²) >= 11 is 1.80. The number of aromatic nitrogens is 1. The van der Waals surface area contributed by atoms with Crippen molar-refractivity contribution in [1.29, 1.82) is 0 Å².